The molecule has 0 saturated heterocycles. The van der Waals surface area contributed by atoms with Gasteiger partial charge in [-0.3, -0.25) is 0 Å². The van der Waals surface area contributed by atoms with Gasteiger partial charge in [-0.25, -0.2) is 0 Å². The first-order chi connectivity index (χ1) is 10.1. The third-order valence-electron chi connectivity index (χ3n) is 3.45. The van der Waals surface area contributed by atoms with E-state index in [0.29, 0.717) is 17.8 Å². The Balaban J connectivity index is 2.13. The first kappa shape index (κ1) is 16.2. The van der Waals surface area contributed by atoms with Gasteiger partial charge in [0.2, 0.25) is 11.7 Å². The number of aromatic nitrogens is 2. The Labute approximate surface area is 134 Å². The summed E-state index contributed by atoms with van der Waals surface area (Å²) in [5.74, 6) is 1.37. The number of halogens is 1. The molecule has 2 aromatic rings. The molecule has 0 bridgehead atoms. The van der Waals surface area contributed by atoms with Gasteiger partial charge in [-0.1, -0.05) is 41.4 Å². The number of nitrogens with one attached hydrogen (secondary N) is 1. The zero-order valence-corrected chi connectivity index (χ0v) is 14.4. The summed E-state index contributed by atoms with van der Waals surface area (Å²) in [6, 6.07) is 6.47. The topological polar surface area (TPSA) is 51.0 Å². The van der Waals surface area contributed by atoms with Crippen LogP contribution in [-0.4, -0.2) is 22.7 Å². The molecule has 0 spiro atoms. The third-order valence-corrected chi connectivity index (χ3v) is 3.94. The van der Waals surface area contributed by atoms with Crippen LogP contribution in [0.2, 0.25) is 0 Å². The molecule has 0 aliphatic rings. The van der Waals surface area contributed by atoms with Crippen molar-refractivity contribution in [2.45, 2.75) is 46.1 Å². The van der Waals surface area contributed by atoms with Gasteiger partial charge in [0.05, 0.1) is 0 Å². The van der Waals surface area contributed by atoms with Crippen molar-refractivity contribution >= 4 is 15.9 Å². The number of aryl methyl sites for hydroxylation is 1. The van der Waals surface area contributed by atoms with E-state index in [4.69, 9.17) is 4.52 Å². The van der Waals surface area contributed by atoms with Crippen molar-refractivity contribution in [3.05, 3.63) is 34.1 Å². The lowest BCUT2D eigenvalue weighted by Crippen LogP contribution is -2.30. The predicted molar refractivity (Wildman–Crippen MR) is 88.2 cm³/mol. The quantitative estimate of drug-likeness (QED) is 0.814. The number of nitrogens with zero attached hydrogens (tertiary/aromatic N) is 2. The first-order valence-electron chi connectivity index (χ1n) is 7.46. The van der Waals surface area contributed by atoms with Crippen molar-refractivity contribution in [3.8, 4) is 11.4 Å². The SMILES string of the molecule is CCCC(Cc1nc(-c2ccc(Br)cc2C)no1)NCC. The number of benzene rings is 1. The zero-order valence-electron chi connectivity index (χ0n) is 12.8. The minimum Gasteiger partial charge on any atom is -0.339 e. The smallest absolute Gasteiger partial charge is 0.228 e. The fourth-order valence-electron chi connectivity index (χ4n) is 2.45. The van der Waals surface area contributed by atoms with Crippen molar-refractivity contribution in [1.82, 2.24) is 15.5 Å². The summed E-state index contributed by atoms with van der Waals surface area (Å²) in [6.45, 7) is 7.31. The van der Waals surface area contributed by atoms with Gasteiger partial charge in [0.1, 0.15) is 0 Å². The highest BCUT2D eigenvalue weighted by Gasteiger charge is 2.15. The molecular weight excluding hydrogens is 330 g/mol. The fourth-order valence-corrected chi connectivity index (χ4v) is 2.92. The van der Waals surface area contributed by atoms with E-state index in [-0.39, 0.29) is 0 Å². The molecule has 1 N–H and O–H groups in total. The van der Waals surface area contributed by atoms with E-state index >= 15 is 0 Å². The summed E-state index contributed by atoms with van der Waals surface area (Å²) >= 11 is 3.47. The summed E-state index contributed by atoms with van der Waals surface area (Å²) < 4.78 is 6.47. The van der Waals surface area contributed by atoms with Crippen LogP contribution in [0.15, 0.2) is 27.2 Å². The van der Waals surface area contributed by atoms with Crippen LogP contribution >= 0.6 is 15.9 Å². The zero-order chi connectivity index (χ0) is 15.2. The lowest BCUT2D eigenvalue weighted by Gasteiger charge is -2.14. The monoisotopic (exact) mass is 351 g/mol. The molecule has 1 atom stereocenters. The highest BCUT2D eigenvalue weighted by atomic mass is 79.9. The summed E-state index contributed by atoms with van der Waals surface area (Å²) in [5, 5.41) is 7.59. The second-order valence-electron chi connectivity index (χ2n) is 5.22. The van der Waals surface area contributed by atoms with Gasteiger partial charge in [0, 0.05) is 22.5 Å². The van der Waals surface area contributed by atoms with Crippen LogP contribution in [0.1, 0.15) is 38.1 Å². The molecule has 1 unspecified atom stereocenters. The second kappa shape index (κ2) is 7.71. The summed E-state index contributed by atoms with van der Waals surface area (Å²) in [6.07, 6.45) is 3.04. The molecule has 0 amide bonds. The molecule has 0 fully saturated rings. The minimum atomic E-state index is 0.402. The van der Waals surface area contributed by atoms with Gasteiger partial charge in [0.15, 0.2) is 0 Å². The van der Waals surface area contributed by atoms with Gasteiger partial charge in [-0.2, -0.15) is 4.98 Å². The summed E-state index contributed by atoms with van der Waals surface area (Å²) in [7, 11) is 0. The molecule has 114 valence electrons. The molecule has 1 heterocycles. The molecule has 0 aliphatic heterocycles. The Morgan fingerprint density at radius 2 is 2.14 bits per heavy atom. The van der Waals surface area contributed by atoms with Crippen molar-refractivity contribution in [1.29, 1.82) is 0 Å². The number of hydrogen-bond acceptors (Lipinski definition) is 4. The fraction of sp³-hybridized carbons (Fsp3) is 0.500. The molecule has 1 aromatic heterocycles. The van der Waals surface area contributed by atoms with Crippen LogP contribution in [0.3, 0.4) is 0 Å². The number of likely N-dealkylation sites (N-methyl/N-ethyl adjacent to an activating group) is 1. The average molecular weight is 352 g/mol. The van der Waals surface area contributed by atoms with Crippen LogP contribution in [0.25, 0.3) is 11.4 Å². The van der Waals surface area contributed by atoms with Gasteiger partial charge in [-0.05, 0) is 43.7 Å². The second-order valence-corrected chi connectivity index (χ2v) is 6.13. The van der Waals surface area contributed by atoms with E-state index in [1.54, 1.807) is 0 Å². The third kappa shape index (κ3) is 4.38. The lowest BCUT2D eigenvalue weighted by atomic mass is 10.1. The van der Waals surface area contributed by atoms with E-state index in [2.05, 4.69) is 58.2 Å². The van der Waals surface area contributed by atoms with E-state index < -0.39 is 0 Å². The lowest BCUT2D eigenvalue weighted by molar-refractivity contribution is 0.352. The van der Waals surface area contributed by atoms with E-state index in [0.717, 1.165) is 41.4 Å². The van der Waals surface area contributed by atoms with Crippen molar-refractivity contribution in [2.75, 3.05) is 6.54 Å². The molecule has 4 nitrogen and oxygen atoms in total. The van der Waals surface area contributed by atoms with E-state index in [1.165, 1.54) is 0 Å². The molecular formula is C16H22BrN3O. The maximum absolute atomic E-state index is 5.41. The van der Waals surface area contributed by atoms with Crippen molar-refractivity contribution < 1.29 is 4.52 Å². The Bertz CT molecular complexity index is 577. The molecule has 0 saturated carbocycles. The Hall–Kier alpha value is -1.20. The Morgan fingerprint density at radius 3 is 2.81 bits per heavy atom. The molecule has 21 heavy (non-hydrogen) atoms. The van der Waals surface area contributed by atoms with Crippen LogP contribution < -0.4 is 5.32 Å². The first-order valence-corrected chi connectivity index (χ1v) is 8.25. The van der Waals surface area contributed by atoms with Crippen LogP contribution in [0.4, 0.5) is 0 Å². The minimum absolute atomic E-state index is 0.402. The Kier molecular flexibility index (Phi) is 5.94. The molecule has 1 aromatic carbocycles. The van der Waals surface area contributed by atoms with E-state index in [1.807, 2.05) is 12.1 Å². The van der Waals surface area contributed by atoms with Gasteiger partial charge in [0.25, 0.3) is 0 Å². The summed E-state index contributed by atoms with van der Waals surface area (Å²) in [5.41, 5.74) is 2.15. The number of hydrogen-bond donors (Lipinski definition) is 1. The highest BCUT2D eigenvalue weighted by Crippen LogP contribution is 2.24. The van der Waals surface area contributed by atoms with Crippen molar-refractivity contribution in [2.24, 2.45) is 0 Å². The Morgan fingerprint density at radius 1 is 1.33 bits per heavy atom. The molecule has 5 heteroatoms. The molecule has 0 radical (unpaired) electrons. The average Bonchev–Trinajstić information content (AvgIpc) is 2.87. The van der Waals surface area contributed by atoms with E-state index in [9.17, 15) is 0 Å². The maximum Gasteiger partial charge on any atom is 0.228 e. The maximum atomic E-state index is 5.41. The number of rotatable bonds is 7. The van der Waals surface area contributed by atoms with Crippen molar-refractivity contribution in [3.63, 3.8) is 0 Å². The van der Waals surface area contributed by atoms with Gasteiger partial charge < -0.3 is 9.84 Å². The van der Waals surface area contributed by atoms with Crippen LogP contribution in [0, 0.1) is 6.92 Å². The molecule has 2 rings (SSSR count). The standard InChI is InChI=1S/C16H22BrN3O/c1-4-6-13(18-5-2)10-15-19-16(20-21-15)14-8-7-12(17)9-11(14)3/h7-9,13,18H,4-6,10H2,1-3H3. The molecule has 0 aliphatic carbocycles. The largest absolute Gasteiger partial charge is 0.339 e. The van der Waals surface area contributed by atoms with Crippen LogP contribution in [0.5, 0.6) is 0 Å². The predicted octanol–water partition coefficient (Wildman–Crippen LogP) is 4.13. The van der Waals surface area contributed by atoms with Gasteiger partial charge >= 0.3 is 0 Å². The summed E-state index contributed by atoms with van der Waals surface area (Å²) in [4.78, 5) is 4.54. The van der Waals surface area contributed by atoms with Crippen LogP contribution in [-0.2, 0) is 6.42 Å². The highest BCUT2D eigenvalue weighted by molar-refractivity contribution is 9.10. The van der Waals surface area contributed by atoms with Gasteiger partial charge in [-0.15, -0.1) is 0 Å². The normalized spacial score (nSPS) is 12.6.